The molecular formula is C12H25ClN2O3. The zero-order valence-electron chi connectivity index (χ0n) is 11.3. The first-order valence-corrected chi connectivity index (χ1v) is 6.13. The van der Waals surface area contributed by atoms with Gasteiger partial charge in [0.15, 0.2) is 0 Å². The predicted octanol–water partition coefficient (Wildman–Crippen LogP) is 0.295. The molecule has 1 rings (SSSR count). The van der Waals surface area contributed by atoms with Crippen LogP contribution >= 0.6 is 12.4 Å². The molecule has 0 aliphatic heterocycles. The Balaban J connectivity index is 0.00000289. The summed E-state index contributed by atoms with van der Waals surface area (Å²) >= 11 is 0. The van der Waals surface area contributed by atoms with Crippen molar-refractivity contribution in [2.75, 3.05) is 20.3 Å². The molecule has 0 aromatic heterocycles. The van der Waals surface area contributed by atoms with Crippen LogP contribution in [-0.2, 0) is 9.53 Å². The van der Waals surface area contributed by atoms with E-state index >= 15 is 0 Å². The molecule has 4 N–H and O–H groups in total. The van der Waals surface area contributed by atoms with Crippen LogP contribution in [0, 0.1) is 11.3 Å². The average molecular weight is 281 g/mol. The lowest BCUT2D eigenvalue weighted by Crippen LogP contribution is -2.47. The van der Waals surface area contributed by atoms with Crippen molar-refractivity contribution in [3.63, 3.8) is 0 Å². The standard InChI is InChI=1S/C12H24N2O3.ClH/c1-8(2)10(15)12(4-5-12)7-14-11(16)9(13)6-17-3;/h8-10,15H,4-7,13H2,1-3H3,(H,14,16);1H. The Labute approximate surface area is 115 Å². The van der Waals surface area contributed by atoms with Crippen molar-refractivity contribution in [1.29, 1.82) is 0 Å². The number of halogens is 1. The van der Waals surface area contributed by atoms with Crippen molar-refractivity contribution in [2.45, 2.75) is 38.8 Å². The molecule has 0 spiro atoms. The van der Waals surface area contributed by atoms with E-state index in [2.05, 4.69) is 5.32 Å². The van der Waals surface area contributed by atoms with Crippen molar-refractivity contribution in [3.8, 4) is 0 Å². The van der Waals surface area contributed by atoms with Gasteiger partial charge in [-0.15, -0.1) is 12.4 Å². The van der Waals surface area contributed by atoms with Crippen LogP contribution in [0.25, 0.3) is 0 Å². The lowest BCUT2D eigenvalue weighted by atomic mass is 9.90. The van der Waals surface area contributed by atoms with Crippen molar-refractivity contribution >= 4 is 18.3 Å². The highest BCUT2D eigenvalue weighted by atomic mass is 35.5. The molecule has 6 heteroatoms. The van der Waals surface area contributed by atoms with Crippen LogP contribution in [0.15, 0.2) is 0 Å². The molecule has 0 heterocycles. The van der Waals surface area contributed by atoms with Gasteiger partial charge in [0.2, 0.25) is 5.91 Å². The molecule has 2 unspecified atom stereocenters. The lowest BCUT2D eigenvalue weighted by molar-refractivity contribution is -0.124. The lowest BCUT2D eigenvalue weighted by Gasteiger charge is -2.26. The third-order valence-electron chi connectivity index (χ3n) is 3.45. The van der Waals surface area contributed by atoms with Crippen LogP contribution in [0.3, 0.4) is 0 Å². The van der Waals surface area contributed by atoms with Gasteiger partial charge in [-0.25, -0.2) is 0 Å². The molecule has 18 heavy (non-hydrogen) atoms. The Morgan fingerprint density at radius 2 is 2.06 bits per heavy atom. The van der Waals surface area contributed by atoms with Gasteiger partial charge < -0.3 is 20.9 Å². The van der Waals surface area contributed by atoms with Gasteiger partial charge in [0.05, 0.1) is 12.7 Å². The third kappa shape index (κ3) is 4.39. The molecule has 108 valence electrons. The SMILES string of the molecule is COCC(N)C(=O)NCC1(C(O)C(C)C)CC1.Cl. The molecule has 0 bridgehead atoms. The van der Waals surface area contributed by atoms with Gasteiger partial charge in [-0.2, -0.15) is 0 Å². The first-order valence-electron chi connectivity index (χ1n) is 6.13. The Morgan fingerprint density at radius 3 is 2.44 bits per heavy atom. The van der Waals surface area contributed by atoms with Crippen LogP contribution in [0.5, 0.6) is 0 Å². The summed E-state index contributed by atoms with van der Waals surface area (Å²) in [5, 5.41) is 12.9. The number of amides is 1. The van der Waals surface area contributed by atoms with Gasteiger partial charge in [-0.3, -0.25) is 4.79 Å². The van der Waals surface area contributed by atoms with Crippen LogP contribution < -0.4 is 11.1 Å². The minimum Gasteiger partial charge on any atom is -0.392 e. The van der Waals surface area contributed by atoms with Gasteiger partial charge in [0, 0.05) is 19.1 Å². The smallest absolute Gasteiger partial charge is 0.239 e. The van der Waals surface area contributed by atoms with Crippen molar-refractivity contribution in [3.05, 3.63) is 0 Å². The van der Waals surface area contributed by atoms with E-state index in [0.29, 0.717) is 6.54 Å². The number of hydrogen-bond donors (Lipinski definition) is 3. The number of carbonyl (C=O) groups is 1. The van der Waals surface area contributed by atoms with E-state index in [1.54, 1.807) is 0 Å². The monoisotopic (exact) mass is 280 g/mol. The third-order valence-corrected chi connectivity index (χ3v) is 3.45. The molecular weight excluding hydrogens is 256 g/mol. The van der Waals surface area contributed by atoms with E-state index in [-0.39, 0.29) is 42.4 Å². The van der Waals surface area contributed by atoms with E-state index < -0.39 is 6.04 Å². The van der Waals surface area contributed by atoms with Gasteiger partial charge in [0.25, 0.3) is 0 Å². The number of carbonyl (C=O) groups excluding carboxylic acids is 1. The van der Waals surface area contributed by atoms with Crippen LogP contribution in [0.2, 0.25) is 0 Å². The number of rotatable bonds is 7. The number of methoxy groups -OCH3 is 1. The minimum atomic E-state index is -0.632. The first-order chi connectivity index (χ1) is 7.93. The fraction of sp³-hybridized carbons (Fsp3) is 0.917. The fourth-order valence-electron chi connectivity index (χ4n) is 2.09. The molecule has 0 aromatic carbocycles. The molecule has 1 saturated carbocycles. The van der Waals surface area contributed by atoms with Gasteiger partial charge >= 0.3 is 0 Å². The molecule has 2 atom stereocenters. The summed E-state index contributed by atoms with van der Waals surface area (Å²) in [5.74, 6) is -0.00358. The first kappa shape index (κ1) is 17.6. The Bertz CT molecular complexity index is 270. The van der Waals surface area contributed by atoms with Gasteiger partial charge in [0.1, 0.15) is 6.04 Å². The fourth-order valence-corrected chi connectivity index (χ4v) is 2.09. The maximum absolute atomic E-state index is 11.6. The molecule has 0 aromatic rings. The van der Waals surface area contributed by atoms with Crippen molar-refractivity contribution in [2.24, 2.45) is 17.1 Å². The quantitative estimate of drug-likeness (QED) is 0.626. The molecule has 1 aliphatic carbocycles. The second kappa shape index (κ2) is 7.28. The van der Waals surface area contributed by atoms with E-state index in [9.17, 15) is 9.90 Å². The minimum absolute atomic E-state index is 0. The van der Waals surface area contributed by atoms with Crippen molar-refractivity contribution in [1.82, 2.24) is 5.32 Å². The summed E-state index contributed by atoms with van der Waals surface area (Å²) in [6.45, 7) is 4.70. The molecule has 1 fully saturated rings. The second-order valence-electron chi connectivity index (χ2n) is 5.33. The normalized spacial score (nSPS) is 19.9. The molecule has 5 nitrogen and oxygen atoms in total. The predicted molar refractivity (Wildman–Crippen MR) is 72.6 cm³/mol. The molecule has 0 saturated heterocycles. The summed E-state index contributed by atoms with van der Waals surface area (Å²) < 4.78 is 4.82. The molecule has 1 aliphatic rings. The Morgan fingerprint density at radius 1 is 1.50 bits per heavy atom. The summed E-state index contributed by atoms with van der Waals surface area (Å²) in [4.78, 5) is 11.6. The van der Waals surface area contributed by atoms with Gasteiger partial charge in [-0.1, -0.05) is 13.8 Å². The summed E-state index contributed by atoms with van der Waals surface area (Å²) in [5.41, 5.74) is 5.49. The summed E-state index contributed by atoms with van der Waals surface area (Å²) in [7, 11) is 1.51. The number of aliphatic hydroxyl groups is 1. The highest BCUT2D eigenvalue weighted by Gasteiger charge is 2.49. The van der Waals surface area contributed by atoms with E-state index in [1.807, 2.05) is 13.8 Å². The number of aliphatic hydroxyl groups excluding tert-OH is 1. The zero-order chi connectivity index (χ0) is 13.1. The summed E-state index contributed by atoms with van der Waals surface area (Å²) in [6, 6.07) is -0.632. The number of nitrogens with two attached hydrogens (primary N) is 1. The maximum Gasteiger partial charge on any atom is 0.239 e. The Hall–Kier alpha value is -0.360. The average Bonchev–Trinajstić information content (AvgIpc) is 3.06. The number of ether oxygens (including phenoxy) is 1. The molecule has 0 radical (unpaired) electrons. The largest absolute Gasteiger partial charge is 0.392 e. The van der Waals surface area contributed by atoms with Gasteiger partial charge in [-0.05, 0) is 18.8 Å². The summed E-state index contributed by atoms with van der Waals surface area (Å²) in [6.07, 6.45) is 1.57. The highest BCUT2D eigenvalue weighted by Crippen LogP contribution is 2.50. The van der Waals surface area contributed by atoms with Crippen LogP contribution in [0.1, 0.15) is 26.7 Å². The maximum atomic E-state index is 11.6. The highest BCUT2D eigenvalue weighted by molar-refractivity contribution is 5.85. The number of hydrogen-bond acceptors (Lipinski definition) is 4. The van der Waals surface area contributed by atoms with Crippen LogP contribution in [-0.4, -0.2) is 43.4 Å². The van der Waals surface area contributed by atoms with E-state index in [1.165, 1.54) is 7.11 Å². The zero-order valence-corrected chi connectivity index (χ0v) is 12.1. The molecule has 1 amide bonds. The van der Waals surface area contributed by atoms with E-state index in [4.69, 9.17) is 10.5 Å². The van der Waals surface area contributed by atoms with Crippen molar-refractivity contribution < 1.29 is 14.6 Å². The topological polar surface area (TPSA) is 84.6 Å². The number of nitrogens with one attached hydrogen (secondary N) is 1. The van der Waals surface area contributed by atoms with E-state index in [0.717, 1.165) is 12.8 Å². The second-order valence-corrected chi connectivity index (χ2v) is 5.33. The van der Waals surface area contributed by atoms with Crippen LogP contribution in [0.4, 0.5) is 0 Å². The Kier molecular flexibility index (Phi) is 7.14.